The molecule has 0 bridgehead atoms. The van der Waals surface area contributed by atoms with Crippen molar-refractivity contribution in [3.8, 4) is 0 Å². The van der Waals surface area contributed by atoms with Gasteiger partial charge in [-0.25, -0.2) is 0 Å². The van der Waals surface area contributed by atoms with Gasteiger partial charge in [0.25, 0.3) is 0 Å². The first-order valence-corrected chi connectivity index (χ1v) is 4.88. The summed E-state index contributed by atoms with van der Waals surface area (Å²) < 4.78 is 10.9. The number of nitrogens with two attached hydrogens (primary N) is 1. The van der Waals surface area contributed by atoms with Crippen LogP contribution in [0.25, 0.3) is 0 Å². The van der Waals surface area contributed by atoms with E-state index in [0.717, 1.165) is 30.8 Å². The van der Waals surface area contributed by atoms with Gasteiger partial charge in [-0.1, -0.05) is 0 Å². The molecule has 2 N–H and O–H groups in total. The highest BCUT2D eigenvalue weighted by molar-refractivity contribution is 7.84. The first kappa shape index (κ1) is 7.22. The van der Waals surface area contributed by atoms with Crippen LogP contribution in [0, 0.1) is 0 Å². The maximum Gasteiger partial charge on any atom is 0.0249 e. The molecular formula is C6H13NOS. The standard InChI is InChI=1S/C6H13NOS/c7-6-2-1-4-9(8)5-3-6/h6H,1-5,7H2. The predicted octanol–water partition coefficient (Wildman–Crippen LogP) is 0.246. The maximum absolute atomic E-state index is 10.9. The molecular weight excluding hydrogens is 134 g/mol. The van der Waals surface area contributed by atoms with Crippen molar-refractivity contribution in [1.29, 1.82) is 0 Å². The van der Waals surface area contributed by atoms with E-state index >= 15 is 0 Å². The van der Waals surface area contributed by atoms with E-state index in [4.69, 9.17) is 5.73 Å². The van der Waals surface area contributed by atoms with Crippen molar-refractivity contribution < 1.29 is 4.21 Å². The lowest BCUT2D eigenvalue weighted by molar-refractivity contribution is 0.603. The van der Waals surface area contributed by atoms with Crippen LogP contribution in [-0.2, 0) is 10.8 Å². The fourth-order valence-electron chi connectivity index (χ4n) is 1.04. The molecule has 1 saturated heterocycles. The van der Waals surface area contributed by atoms with E-state index in [-0.39, 0.29) is 0 Å². The molecule has 3 heteroatoms. The fourth-order valence-corrected chi connectivity index (χ4v) is 2.29. The summed E-state index contributed by atoms with van der Waals surface area (Å²) in [5.74, 6) is 1.69. The predicted molar refractivity (Wildman–Crippen MR) is 39.7 cm³/mol. The van der Waals surface area contributed by atoms with Gasteiger partial charge in [-0.05, 0) is 19.3 Å². The average Bonchev–Trinajstić information content (AvgIpc) is 1.97. The summed E-state index contributed by atoms with van der Waals surface area (Å²) in [4.78, 5) is 0. The Balaban J connectivity index is 2.34. The second kappa shape index (κ2) is 3.32. The van der Waals surface area contributed by atoms with E-state index in [1.807, 2.05) is 0 Å². The Bertz CT molecular complexity index is 116. The summed E-state index contributed by atoms with van der Waals surface area (Å²) in [6.07, 6.45) is 3.06. The molecule has 0 amide bonds. The molecule has 1 aliphatic rings. The van der Waals surface area contributed by atoms with Gasteiger partial charge in [-0.3, -0.25) is 4.21 Å². The molecule has 1 aliphatic heterocycles. The van der Waals surface area contributed by atoms with Gasteiger partial charge in [0, 0.05) is 28.3 Å². The molecule has 0 aromatic carbocycles. The summed E-state index contributed by atoms with van der Waals surface area (Å²) in [5, 5.41) is 0. The minimum Gasteiger partial charge on any atom is -0.328 e. The van der Waals surface area contributed by atoms with Crippen LogP contribution in [0.4, 0.5) is 0 Å². The second-order valence-corrected chi connectivity index (χ2v) is 4.24. The highest BCUT2D eigenvalue weighted by atomic mass is 32.2. The first-order valence-electron chi connectivity index (χ1n) is 3.39. The lowest BCUT2D eigenvalue weighted by Crippen LogP contribution is -2.19. The normalized spacial score (nSPS) is 37.9. The molecule has 2 unspecified atom stereocenters. The van der Waals surface area contributed by atoms with Crippen molar-refractivity contribution in [2.24, 2.45) is 5.73 Å². The molecule has 0 radical (unpaired) electrons. The van der Waals surface area contributed by atoms with Crippen molar-refractivity contribution >= 4 is 10.8 Å². The van der Waals surface area contributed by atoms with Gasteiger partial charge >= 0.3 is 0 Å². The maximum atomic E-state index is 10.9. The van der Waals surface area contributed by atoms with E-state index in [1.54, 1.807) is 0 Å². The average molecular weight is 147 g/mol. The van der Waals surface area contributed by atoms with E-state index in [1.165, 1.54) is 0 Å². The van der Waals surface area contributed by atoms with Crippen LogP contribution in [0.2, 0.25) is 0 Å². The Labute approximate surface area is 58.3 Å². The molecule has 0 aromatic heterocycles. The van der Waals surface area contributed by atoms with E-state index in [9.17, 15) is 4.21 Å². The summed E-state index contributed by atoms with van der Waals surface area (Å²) in [6, 6.07) is 0.316. The van der Waals surface area contributed by atoms with E-state index in [2.05, 4.69) is 0 Å². The van der Waals surface area contributed by atoms with Crippen molar-refractivity contribution in [3.05, 3.63) is 0 Å². The van der Waals surface area contributed by atoms with Crippen LogP contribution in [0.15, 0.2) is 0 Å². The topological polar surface area (TPSA) is 43.1 Å². The molecule has 1 fully saturated rings. The fraction of sp³-hybridized carbons (Fsp3) is 1.00. The summed E-state index contributed by atoms with van der Waals surface area (Å²) in [6.45, 7) is 0. The van der Waals surface area contributed by atoms with Gasteiger partial charge in [0.2, 0.25) is 0 Å². The van der Waals surface area contributed by atoms with Crippen molar-refractivity contribution in [1.82, 2.24) is 0 Å². The summed E-state index contributed by atoms with van der Waals surface area (Å²) in [5.41, 5.74) is 5.66. The van der Waals surface area contributed by atoms with Crippen LogP contribution >= 0.6 is 0 Å². The van der Waals surface area contributed by atoms with Crippen molar-refractivity contribution in [3.63, 3.8) is 0 Å². The molecule has 1 rings (SSSR count). The Morgan fingerprint density at radius 1 is 1.33 bits per heavy atom. The molecule has 2 nitrogen and oxygen atoms in total. The van der Waals surface area contributed by atoms with Gasteiger partial charge in [0.15, 0.2) is 0 Å². The van der Waals surface area contributed by atoms with Gasteiger partial charge < -0.3 is 5.73 Å². The highest BCUT2D eigenvalue weighted by Gasteiger charge is 2.10. The van der Waals surface area contributed by atoms with Gasteiger partial charge in [0.1, 0.15) is 0 Å². The molecule has 0 aliphatic carbocycles. The second-order valence-electron chi connectivity index (χ2n) is 2.54. The number of rotatable bonds is 0. The molecule has 54 valence electrons. The third-order valence-corrected chi connectivity index (χ3v) is 3.10. The Kier molecular flexibility index (Phi) is 2.66. The highest BCUT2D eigenvalue weighted by Crippen LogP contribution is 2.07. The summed E-state index contributed by atoms with van der Waals surface area (Å²) in [7, 11) is -0.558. The number of hydrogen-bond acceptors (Lipinski definition) is 2. The van der Waals surface area contributed by atoms with Crippen LogP contribution in [0.3, 0.4) is 0 Å². The lowest BCUT2D eigenvalue weighted by atomic mass is 10.1. The molecule has 2 atom stereocenters. The Morgan fingerprint density at radius 2 is 2.11 bits per heavy atom. The summed E-state index contributed by atoms with van der Waals surface area (Å²) >= 11 is 0. The lowest BCUT2D eigenvalue weighted by Gasteiger charge is -2.02. The Hall–Kier alpha value is 0.110. The van der Waals surface area contributed by atoms with Crippen molar-refractivity contribution in [2.45, 2.75) is 25.3 Å². The molecule has 9 heavy (non-hydrogen) atoms. The van der Waals surface area contributed by atoms with Crippen molar-refractivity contribution in [2.75, 3.05) is 11.5 Å². The Morgan fingerprint density at radius 3 is 2.89 bits per heavy atom. The first-order chi connectivity index (χ1) is 4.29. The van der Waals surface area contributed by atoms with Gasteiger partial charge in [-0.15, -0.1) is 0 Å². The largest absolute Gasteiger partial charge is 0.328 e. The smallest absolute Gasteiger partial charge is 0.0249 e. The minimum absolute atomic E-state index is 0.316. The molecule has 1 heterocycles. The van der Waals surface area contributed by atoms with Gasteiger partial charge in [0.05, 0.1) is 0 Å². The van der Waals surface area contributed by atoms with Crippen LogP contribution in [-0.4, -0.2) is 21.8 Å². The zero-order valence-electron chi connectivity index (χ0n) is 5.51. The third kappa shape index (κ3) is 2.45. The zero-order valence-corrected chi connectivity index (χ0v) is 6.32. The minimum atomic E-state index is -0.558. The molecule has 0 aromatic rings. The quantitative estimate of drug-likeness (QED) is 0.533. The van der Waals surface area contributed by atoms with Crippen LogP contribution < -0.4 is 5.73 Å². The molecule has 0 saturated carbocycles. The zero-order chi connectivity index (χ0) is 6.69. The van der Waals surface area contributed by atoms with Crippen LogP contribution in [0.5, 0.6) is 0 Å². The molecule has 0 spiro atoms. The van der Waals surface area contributed by atoms with Crippen LogP contribution in [0.1, 0.15) is 19.3 Å². The van der Waals surface area contributed by atoms with E-state index < -0.39 is 10.8 Å². The monoisotopic (exact) mass is 147 g/mol. The van der Waals surface area contributed by atoms with E-state index in [0.29, 0.717) is 6.04 Å². The third-order valence-electron chi connectivity index (χ3n) is 1.66. The van der Waals surface area contributed by atoms with Gasteiger partial charge in [-0.2, -0.15) is 0 Å². The SMILES string of the molecule is NC1CCCS(=O)CC1. The number of hydrogen-bond donors (Lipinski definition) is 1.